The van der Waals surface area contributed by atoms with Crippen LogP contribution >= 0.6 is 0 Å². The van der Waals surface area contributed by atoms with E-state index in [-0.39, 0.29) is 0 Å². The molecule has 1 saturated heterocycles. The van der Waals surface area contributed by atoms with Crippen molar-refractivity contribution in [2.24, 2.45) is 5.92 Å². The summed E-state index contributed by atoms with van der Waals surface area (Å²) in [6, 6.07) is 0.805. The predicted molar refractivity (Wildman–Crippen MR) is 86.7 cm³/mol. The van der Waals surface area contributed by atoms with Gasteiger partial charge in [0.05, 0.1) is 0 Å². The normalized spacial score (nSPS) is 37.1. The molecule has 0 bridgehead atoms. The van der Waals surface area contributed by atoms with Gasteiger partial charge >= 0.3 is 124 Å². The van der Waals surface area contributed by atoms with Crippen LogP contribution in [-0.4, -0.2) is 43.4 Å². The average molecular weight is 276 g/mol. The fourth-order valence-corrected chi connectivity index (χ4v) is 4.39. The van der Waals surface area contributed by atoms with Gasteiger partial charge in [0.25, 0.3) is 0 Å². The Balaban J connectivity index is 1.71. The number of hydrogen-bond acceptors (Lipinski definition) is 2. The van der Waals surface area contributed by atoms with Crippen molar-refractivity contribution in [3.63, 3.8) is 0 Å². The zero-order chi connectivity index (χ0) is 14.0. The average Bonchev–Trinajstić information content (AvgIpc) is 2.69. The van der Waals surface area contributed by atoms with E-state index in [4.69, 9.17) is 0 Å². The van der Waals surface area contributed by atoms with Gasteiger partial charge in [-0.2, -0.15) is 0 Å². The number of quaternary nitrogens is 1. The third-order valence-electron chi connectivity index (χ3n) is 6.14. The van der Waals surface area contributed by atoms with Gasteiger partial charge in [0.1, 0.15) is 0 Å². The second kappa shape index (κ2) is 6.29. The molecule has 1 aliphatic heterocycles. The third-order valence-corrected chi connectivity index (χ3v) is 6.14. The van der Waals surface area contributed by atoms with E-state index in [0.717, 1.165) is 23.1 Å². The molecular formula is C16H31BN3+. The minimum atomic E-state index is 0.435. The van der Waals surface area contributed by atoms with Crippen LogP contribution in [0.2, 0.25) is 0 Å². The summed E-state index contributed by atoms with van der Waals surface area (Å²) in [7, 11) is 6.92. The Morgan fingerprint density at radius 1 is 0.950 bits per heavy atom. The summed E-state index contributed by atoms with van der Waals surface area (Å²) >= 11 is 0. The van der Waals surface area contributed by atoms with Crippen molar-refractivity contribution in [3.8, 4) is 0 Å². The molecule has 0 radical (unpaired) electrons. The van der Waals surface area contributed by atoms with E-state index < -0.39 is 0 Å². The number of rotatable bonds is 3. The standard InChI is InChI=1S/C16H31BN3/c1-20(14-10-5-3-2-4-6-11-14)12-18-19-16(20)15(17)13-8-7-9-13/h13-14,16-19H,2-12H2,1H3/q+1. The molecule has 4 heteroatoms. The maximum atomic E-state index is 4.47. The van der Waals surface area contributed by atoms with Crippen LogP contribution < -0.4 is 10.9 Å². The molecule has 112 valence electrons. The molecule has 0 aromatic carbocycles. The van der Waals surface area contributed by atoms with Gasteiger partial charge in [0.2, 0.25) is 0 Å². The van der Waals surface area contributed by atoms with Crippen LogP contribution in [0.4, 0.5) is 0 Å². The summed E-state index contributed by atoms with van der Waals surface area (Å²) in [6.45, 7) is 1.06. The zero-order valence-corrected chi connectivity index (χ0v) is 13.2. The van der Waals surface area contributed by atoms with Crippen LogP contribution in [0.1, 0.15) is 64.2 Å². The Kier molecular flexibility index (Phi) is 4.63. The Morgan fingerprint density at radius 3 is 2.20 bits per heavy atom. The van der Waals surface area contributed by atoms with Crippen molar-refractivity contribution in [2.45, 2.75) is 76.4 Å². The van der Waals surface area contributed by atoms with Crippen molar-refractivity contribution in [1.29, 1.82) is 0 Å². The van der Waals surface area contributed by atoms with Crippen LogP contribution in [0.15, 0.2) is 0 Å². The predicted octanol–water partition coefficient (Wildman–Crippen LogP) is 1.81. The summed E-state index contributed by atoms with van der Waals surface area (Å²) in [4.78, 5) is 0. The topological polar surface area (TPSA) is 24.1 Å². The van der Waals surface area contributed by atoms with Crippen LogP contribution in [0, 0.1) is 5.92 Å². The summed E-state index contributed by atoms with van der Waals surface area (Å²) < 4.78 is 1.13. The van der Waals surface area contributed by atoms with E-state index in [1.807, 2.05) is 0 Å². The first-order chi connectivity index (χ1) is 9.72. The maximum absolute atomic E-state index is 4.47. The van der Waals surface area contributed by atoms with Crippen LogP contribution in [0.3, 0.4) is 0 Å². The van der Waals surface area contributed by atoms with Gasteiger partial charge in [-0.1, -0.05) is 0 Å². The van der Waals surface area contributed by atoms with Gasteiger partial charge in [0.15, 0.2) is 0 Å². The molecule has 2 aliphatic carbocycles. The van der Waals surface area contributed by atoms with Gasteiger partial charge < -0.3 is 0 Å². The minimum absolute atomic E-state index is 0.435. The molecule has 2 atom stereocenters. The molecule has 1 heterocycles. The Morgan fingerprint density at radius 2 is 1.60 bits per heavy atom. The second-order valence-corrected chi connectivity index (χ2v) is 7.43. The van der Waals surface area contributed by atoms with E-state index >= 15 is 0 Å². The monoisotopic (exact) mass is 276 g/mol. The van der Waals surface area contributed by atoms with E-state index in [1.54, 1.807) is 0 Å². The Labute approximate surface area is 125 Å². The fourth-order valence-electron chi connectivity index (χ4n) is 4.39. The fraction of sp³-hybridized carbons (Fsp3) is 0.938. The molecule has 0 spiro atoms. The molecule has 2 saturated carbocycles. The van der Waals surface area contributed by atoms with Gasteiger partial charge in [-0.05, 0) is 0 Å². The van der Waals surface area contributed by atoms with Gasteiger partial charge in [-0.15, -0.1) is 0 Å². The van der Waals surface area contributed by atoms with Crippen LogP contribution in [-0.2, 0) is 0 Å². The van der Waals surface area contributed by atoms with E-state index in [2.05, 4.69) is 25.4 Å². The number of hydrogen-bond donors (Lipinski definition) is 2. The van der Waals surface area contributed by atoms with Crippen molar-refractivity contribution >= 4 is 13.0 Å². The van der Waals surface area contributed by atoms with Gasteiger partial charge in [-0.25, -0.2) is 0 Å². The first-order valence-electron chi connectivity index (χ1n) is 8.74. The molecule has 20 heavy (non-hydrogen) atoms. The molecule has 0 aromatic heterocycles. The van der Waals surface area contributed by atoms with Gasteiger partial charge in [0, 0.05) is 0 Å². The second-order valence-electron chi connectivity index (χ2n) is 7.43. The summed E-state index contributed by atoms with van der Waals surface area (Å²) in [5, 5.41) is 0. The Hall–Kier alpha value is -0.185. The number of nitrogens with zero attached hydrogens (tertiary/aromatic N) is 1. The van der Waals surface area contributed by atoms with Crippen molar-refractivity contribution in [2.75, 3.05) is 13.7 Å². The molecule has 0 aromatic rings. The quantitative estimate of drug-likeness (QED) is 0.607. The Bertz CT molecular complexity index is 348. The first kappa shape index (κ1) is 14.7. The molecule has 2 N–H and O–H groups in total. The zero-order valence-electron chi connectivity index (χ0n) is 13.2. The van der Waals surface area contributed by atoms with E-state index in [1.165, 1.54) is 69.7 Å². The molecule has 3 aliphatic rings. The summed E-state index contributed by atoms with van der Waals surface area (Å²) in [5.74, 6) is 0.776. The molecular weight excluding hydrogens is 245 g/mol. The molecule has 3 fully saturated rings. The van der Waals surface area contributed by atoms with Gasteiger partial charge in [-0.3, -0.25) is 0 Å². The first-order valence-corrected chi connectivity index (χ1v) is 8.74. The molecule has 3 nitrogen and oxygen atoms in total. The van der Waals surface area contributed by atoms with Crippen LogP contribution in [0.5, 0.6) is 0 Å². The van der Waals surface area contributed by atoms with Crippen molar-refractivity contribution in [3.05, 3.63) is 0 Å². The summed E-state index contributed by atoms with van der Waals surface area (Å²) in [6.07, 6.45) is 14.5. The molecule has 0 amide bonds. The summed E-state index contributed by atoms with van der Waals surface area (Å²) in [5.41, 5.74) is 8.46. The molecule has 3 rings (SSSR count). The molecule has 2 unspecified atom stereocenters. The number of nitrogens with one attached hydrogen (secondary N) is 2. The van der Waals surface area contributed by atoms with Crippen molar-refractivity contribution in [1.82, 2.24) is 10.9 Å². The SMILES string of the molecule is B=C(C1CCC1)C1NNC[N+]1(C)C1CCCCCCC1. The van der Waals surface area contributed by atoms with E-state index in [9.17, 15) is 0 Å². The third kappa shape index (κ3) is 2.75. The van der Waals surface area contributed by atoms with Crippen molar-refractivity contribution < 1.29 is 4.48 Å². The number of hydrazine groups is 1. The van der Waals surface area contributed by atoms with Crippen LogP contribution in [0.25, 0.3) is 0 Å². The van der Waals surface area contributed by atoms with E-state index in [0.29, 0.717) is 6.17 Å².